The highest BCUT2D eigenvalue weighted by molar-refractivity contribution is 8.00. The minimum absolute atomic E-state index is 0.0798. The first kappa shape index (κ1) is 21.4. The Labute approximate surface area is 186 Å². The van der Waals surface area contributed by atoms with Crippen LogP contribution in [0, 0.1) is 0 Å². The molecule has 1 amide bonds. The number of benzene rings is 2. The highest BCUT2D eigenvalue weighted by Gasteiger charge is 2.30. The van der Waals surface area contributed by atoms with Crippen LogP contribution in [0.4, 0.5) is 0 Å². The normalized spacial score (nSPS) is 15.0. The quantitative estimate of drug-likeness (QED) is 0.525. The molecule has 31 heavy (non-hydrogen) atoms. The first-order valence-corrected chi connectivity index (χ1v) is 11.2. The maximum atomic E-state index is 13.4. The molecule has 0 N–H and O–H groups in total. The first-order chi connectivity index (χ1) is 15.2. The van der Waals surface area contributed by atoms with Crippen molar-refractivity contribution in [3.63, 3.8) is 0 Å². The maximum Gasteiger partial charge on any atom is 0.240 e. The lowest BCUT2D eigenvalue weighted by atomic mass is 10.1. The van der Waals surface area contributed by atoms with Gasteiger partial charge in [-0.1, -0.05) is 42.1 Å². The summed E-state index contributed by atoms with van der Waals surface area (Å²) in [6.45, 7) is 5.13. The molecule has 2 aromatic carbocycles. The van der Waals surface area contributed by atoms with Gasteiger partial charge in [-0.15, -0.1) is 10.2 Å². The van der Waals surface area contributed by atoms with Crippen molar-refractivity contribution >= 4 is 17.7 Å². The van der Waals surface area contributed by atoms with Crippen LogP contribution in [0.5, 0.6) is 5.75 Å². The highest BCUT2D eigenvalue weighted by atomic mass is 32.2. The molecule has 1 saturated heterocycles. The minimum Gasteiger partial charge on any atom is -0.497 e. The number of ether oxygens (including phenoxy) is 2. The van der Waals surface area contributed by atoms with Gasteiger partial charge >= 0.3 is 0 Å². The molecule has 1 aromatic heterocycles. The lowest BCUT2D eigenvalue weighted by Gasteiger charge is -2.30. The monoisotopic (exact) mass is 438 g/mol. The molecule has 1 aliphatic rings. The van der Waals surface area contributed by atoms with E-state index in [1.807, 2.05) is 59.5 Å². The van der Waals surface area contributed by atoms with Gasteiger partial charge in [0, 0.05) is 25.2 Å². The third-order valence-electron chi connectivity index (χ3n) is 5.25. The molecule has 1 aliphatic heterocycles. The van der Waals surface area contributed by atoms with E-state index in [4.69, 9.17) is 9.47 Å². The SMILES string of the molecule is CCn1c(SC(C(=O)N2CCOCC2)c2ccccc2)nnc1-c1ccc(OC)cc1. The average molecular weight is 439 g/mol. The van der Waals surface area contributed by atoms with Gasteiger partial charge in [0.15, 0.2) is 11.0 Å². The Hall–Kier alpha value is -2.84. The zero-order chi connectivity index (χ0) is 21.6. The first-order valence-electron chi connectivity index (χ1n) is 10.4. The van der Waals surface area contributed by atoms with E-state index in [-0.39, 0.29) is 5.91 Å². The van der Waals surface area contributed by atoms with Crippen LogP contribution < -0.4 is 4.74 Å². The van der Waals surface area contributed by atoms with Crippen LogP contribution in [0.25, 0.3) is 11.4 Å². The van der Waals surface area contributed by atoms with Crippen molar-refractivity contribution in [2.24, 2.45) is 0 Å². The minimum atomic E-state index is -0.391. The zero-order valence-electron chi connectivity index (χ0n) is 17.7. The molecule has 0 saturated carbocycles. The number of aromatic nitrogens is 3. The number of rotatable bonds is 7. The largest absolute Gasteiger partial charge is 0.497 e. The maximum absolute atomic E-state index is 13.4. The summed E-state index contributed by atoms with van der Waals surface area (Å²) in [6.07, 6.45) is 0. The van der Waals surface area contributed by atoms with Crippen LogP contribution in [0.3, 0.4) is 0 Å². The summed E-state index contributed by atoms with van der Waals surface area (Å²) >= 11 is 1.45. The Morgan fingerprint density at radius 3 is 2.45 bits per heavy atom. The number of methoxy groups -OCH3 is 1. The predicted octanol–water partition coefficient (Wildman–Crippen LogP) is 3.67. The number of morpholine rings is 1. The van der Waals surface area contributed by atoms with Gasteiger partial charge in [0.05, 0.1) is 20.3 Å². The summed E-state index contributed by atoms with van der Waals surface area (Å²) in [5.74, 6) is 1.65. The Morgan fingerprint density at radius 1 is 1.10 bits per heavy atom. The van der Waals surface area contributed by atoms with Crippen molar-refractivity contribution in [3.05, 3.63) is 60.2 Å². The van der Waals surface area contributed by atoms with Crippen LogP contribution in [0.15, 0.2) is 59.8 Å². The summed E-state index contributed by atoms with van der Waals surface area (Å²) in [5.41, 5.74) is 1.92. The molecule has 3 aromatic rings. The van der Waals surface area contributed by atoms with Gasteiger partial charge in [0.1, 0.15) is 11.0 Å². The molecule has 0 radical (unpaired) electrons. The van der Waals surface area contributed by atoms with E-state index in [2.05, 4.69) is 21.7 Å². The Kier molecular flexibility index (Phi) is 6.89. The second kappa shape index (κ2) is 9.98. The van der Waals surface area contributed by atoms with E-state index in [0.29, 0.717) is 32.8 Å². The third-order valence-corrected chi connectivity index (χ3v) is 6.48. The topological polar surface area (TPSA) is 69.5 Å². The van der Waals surface area contributed by atoms with Gasteiger partial charge in [-0.05, 0) is 36.8 Å². The van der Waals surface area contributed by atoms with E-state index in [1.165, 1.54) is 11.8 Å². The van der Waals surface area contributed by atoms with Crippen molar-refractivity contribution in [3.8, 4) is 17.1 Å². The molecule has 0 spiro atoms. The molecule has 0 aliphatic carbocycles. The third kappa shape index (κ3) is 4.75. The van der Waals surface area contributed by atoms with E-state index in [1.54, 1.807) is 7.11 Å². The van der Waals surface area contributed by atoms with E-state index in [9.17, 15) is 4.79 Å². The van der Waals surface area contributed by atoms with Crippen LogP contribution in [0.2, 0.25) is 0 Å². The van der Waals surface area contributed by atoms with Crippen molar-refractivity contribution in [2.45, 2.75) is 23.9 Å². The smallest absolute Gasteiger partial charge is 0.240 e. The van der Waals surface area contributed by atoms with Crippen LogP contribution >= 0.6 is 11.8 Å². The lowest BCUT2D eigenvalue weighted by Crippen LogP contribution is -2.42. The second-order valence-electron chi connectivity index (χ2n) is 7.13. The summed E-state index contributed by atoms with van der Waals surface area (Å²) in [6, 6.07) is 17.6. The number of carbonyl (C=O) groups is 1. The van der Waals surface area contributed by atoms with Crippen molar-refractivity contribution in [1.82, 2.24) is 19.7 Å². The predicted molar refractivity (Wildman–Crippen MR) is 120 cm³/mol. The molecule has 1 unspecified atom stereocenters. The van der Waals surface area contributed by atoms with Crippen LogP contribution in [-0.2, 0) is 16.1 Å². The highest BCUT2D eigenvalue weighted by Crippen LogP contribution is 2.37. The van der Waals surface area contributed by atoms with Crippen molar-refractivity contribution < 1.29 is 14.3 Å². The summed E-state index contributed by atoms with van der Waals surface area (Å²) < 4.78 is 12.7. The molecule has 162 valence electrons. The molecule has 2 heterocycles. The van der Waals surface area contributed by atoms with Gasteiger partial charge in [-0.3, -0.25) is 4.79 Å². The summed E-state index contributed by atoms with van der Waals surface area (Å²) in [5, 5.41) is 9.22. The molecule has 7 nitrogen and oxygen atoms in total. The van der Waals surface area contributed by atoms with Crippen LogP contribution in [-0.4, -0.2) is 59.0 Å². The molecule has 8 heteroatoms. The van der Waals surface area contributed by atoms with Gasteiger partial charge in [-0.25, -0.2) is 0 Å². The van der Waals surface area contributed by atoms with Gasteiger partial charge in [-0.2, -0.15) is 0 Å². The van der Waals surface area contributed by atoms with Gasteiger partial charge in [0.2, 0.25) is 5.91 Å². The molecular weight excluding hydrogens is 412 g/mol. The molecule has 1 atom stereocenters. The summed E-state index contributed by atoms with van der Waals surface area (Å²) in [4.78, 5) is 15.3. The number of hydrogen-bond acceptors (Lipinski definition) is 6. The standard InChI is InChI=1S/C23H26N4O3S/c1-3-27-21(18-9-11-19(29-2)12-10-18)24-25-23(27)31-20(17-7-5-4-6-8-17)22(28)26-13-15-30-16-14-26/h4-12,20H,3,13-16H2,1-2H3. The van der Waals surface area contributed by atoms with Gasteiger partial charge < -0.3 is 18.9 Å². The van der Waals surface area contributed by atoms with Crippen LogP contribution in [0.1, 0.15) is 17.7 Å². The Morgan fingerprint density at radius 2 is 1.81 bits per heavy atom. The zero-order valence-corrected chi connectivity index (χ0v) is 18.5. The van der Waals surface area contributed by atoms with Crippen molar-refractivity contribution in [1.29, 1.82) is 0 Å². The number of nitrogens with zero attached hydrogens (tertiary/aromatic N) is 4. The molecule has 1 fully saturated rings. The van der Waals surface area contributed by atoms with E-state index in [0.717, 1.165) is 27.9 Å². The number of carbonyl (C=O) groups excluding carboxylic acids is 1. The fourth-order valence-corrected chi connectivity index (χ4v) is 4.74. The van der Waals surface area contributed by atoms with Gasteiger partial charge in [0.25, 0.3) is 0 Å². The molecule has 4 rings (SSSR count). The molecular formula is C23H26N4O3S. The van der Waals surface area contributed by atoms with Crippen molar-refractivity contribution in [2.75, 3.05) is 33.4 Å². The fraction of sp³-hybridized carbons (Fsp3) is 0.348. The summed E-state index contributed by atoms with van der Waals surface area (Å²) in [7, 11) is 1.65. The van der Waals surface area contributed by atoms with E-state index >= 15 is 0 Å². The molecule has 0 bridgehead atoms. The average Bonchev–Trinajstić information content (AvgIpc) is 3.26. The fourth-order valence-electron chi connectivity index (χ4n) is 3.56. The number of amides is 1. The number of thioether (sulfide) groups is 1. The number of hydrogen-bond donors (Lipinski definition) is 0. The van der Waals surface area contributed by atoms with E-state index < -0.39 is 5.25 Å². The second-order valence-corrected chi connectivity index (χ2v) is 8.20. The lowest BCUT2D eigenvalue weighted by molar-refractivity contribution is -0.134. The Balaban J connectivity index is 1.64. The Bertz CT molecular complexity index is 1000.